The van der Waals surface area contributed by atoms with Crippen molar-refractivity contribution in [2.24, 2.45) is 0 Å². The van der Waals surface area contributed by atoms with Crippen LogP contribution in [0.25, 0.3) is 0 Å². The van der Waals surface area contributed by atoms with Gasteiger partial charge >= 0.3 is 0 Å². The van der Waals surface area contributed by atoms with Gasteiger partial charge in [-0.1, -0.05) is 25.5 Å². The fourth-order valence-corrected chi connectivity index (χ4v) is 3.35. The van der Waals surface area contributed by atoms with Gasteiger partial charge in [-0.25, -0.2) is 0 Å². The van der Waals surface area contributed by atoms with Gasteiger partial charge in [0, 0.05) is 19.0 Å². The van der Waals surface area contributed by atoms with Gasteiger partial charge in [-0.2, -0.15) is 0 Å². The summed E-state index contributed by atoms with van der Waals surface area (Å²) in [6.07, 6.45) is 5.69. The maximum atomic E-state index is 9.74. The summed E-state index contributed by atoms with van der Waals surface area (Å²) in [5.41, 5.74) is 5.50. The third-order valence-corrected chi connectivity index (χ3v) is 4.28. The van der Waals surface area contributed by atoms with Crippen molar-refractivity contribution in [3.63, 3.8) is 0 Å². The van der Waals surface area contributed by atoms with Gasteiger partial charge in [0.2, 0.25) is 0 Å². The largest absolute Gasteiger partial charge is 0.504 e. The second kappa shape index (κ2) is 5.33. The minimum Gasteiger partial charge on any atom is -0.504 e. The lowest BCUT2D eigenvalue weighted by molar-refractivity contribution is 0.402. The number of rotatable bonds is 3. The van der Waals surface area contributed by atoms with Crippen LogP contribution >= 0.6 is 0 Å². The van der Waals surface area contributed by atoms with Gasteiger partial charge < -0.3 is 15.5 Å². The third-order valence-electron chi connectivity index (χ3n) is 4.28. The minimum atomic E-state index is -0.0533. The number of hydrogen-bond donors (Lipinski definition) is 3. The molecule has 1 heterocycles. The Kier molecular flexibility index (Phi) is 3.53. The molecule has 3 nitrogen and oxygen atoms in total. The van der Waals surface area contributed by atoms with Gasteiger partial charge in [-0.15, -0.1) is 0 Å². The predicted octanol–water partition coefficient (Wildman–Crippen LogP) is 3.21. The van der Waals surface area contributed by atoms with Crippen LogP contribution in [0.5, 0.6) is 11.5 Å². The third kappa shape index (κ3) is 2.22. The Hall–Kier alpha value is -1.74. The molecule has 1 aliphatic heterocycles. The number of phenols is 2. The molecule has 0 unspecified atom stereocenters. The monoisotopic (exact) mass is 271 g/mol. The molecule has 106 valence electrons. The van der Waals surface area contributed by atoms with Gasteiger partial charge in [-0.3, -0.25) is 0 Å². The van der Waals surface area contributed by atoms with Crippen molar-refractivity contribution in [2.45, 2.75) is 32.1 Å². The van der Waals surface area contributed by atoms with E-state index in [0.29, 0.717) is 0 Å². The molecule has 3 heteroatoms. The number of phenolic OH excluding ortho intramolecular Hbond substituents is 2. The fourth-order valence-electron chi connectivity index (χ4n) is 3.35. The summed E-state index contributed by atoms with van der Waals surface area (Å²) in [5, 5.41) is 22.7. The number of allylic oxidation sites excluding steroid dienone is 2. The average Bonchev–Trinajstić information content (AvgIpc) is 2.86. The van der Waals surface area contributed by atoms with E-state index in [9.17, 15) is 10.2 Å². The lowest BCUT2D eigenvalue weighted by Crippen LogP contribution is -2.30. The quantitative estimate of drug-likeness (QED) is 0.740. The lowest BCUT2D eigenvalue weighted by Gasteiger charge is -2.28. The smallest absolute Gasteiger partial charge is 0.157 e. The SMILES string of the molecule is CCCC1=CCC2=C1[C@@H](c1ccc(O)c(O)c1)CNC2. The molecule has 1 aliphatic carbocycles. The van der Waals surface area contributed by atoms with E-state index in [0.717, 1.165) is 37.9 Å². The lowest BCUT2D eigenvalue weighted by atomic mass is 9.82. The molecule has 3 N–H and O–H groups in total. The Morgan fingerprint density at radius 1 is 1.25 bits per heavy atom. The van der Waals surface area contributed by atoms with Gasteiger partial charge in [-0.05, 0) is 47.3 Å². The molecular weight excluding hydrogens is 250 g/mol. The molecule has 1 aromatic rings. The molecule has 0 fully saturated rings. The number of benzene rings is 1. The van der Waals surface area contributed by atoms with E-state index in [-0.39, 0.29) is 17.4 Å². The predicted molar refractivity (Wildman–Crippen MR) is 80.0 cm³/mol. The summed E-state index contributed by atoms with van der Waals surface area (Å²) in [6, 6.07) is 5.19. The van der Waals surface area contributed by atoms with Crippen LogP contribution in [0, 0.1) is 0 Å². The fraction of sp³-hybridized carbons (Fsp3) is 0.412. The van der Waals surface area contributed by atoms with E-state index in [1.807, 2.05) is 6.07 Å². The van der Waals surface area contributed by atoms with Crippen molar-refractivity contribution in [1.82, 2.24) is 5.32 Å². The van der Waals surface area contributed by atoms with Crippen LogP contribution in [0.4, 0.5) is 0 Å². The first kappa shape index (κ1) is 13.3. The van der Waals surface area contributed by atoms with E-state index >= 15 is 0 Å². The van der Waals surface area contributed by atoms with Gasteiger partial charge in [0.25, 0.3) is 0 Å². The van der Waals surface area contributed by atoms with Crippen LogP contribution in [-0.4, -0.2) is 23.3 Å². The molecule has 1 atom stereocenters. The van der Waals surface area contributed by atoms with Crippen molar-refractivity contribution in [3.05, 3.63) is 46.6 Å². The molecular formula is C17H21NO2. The van der Waals surface area contributed by atoms with Crippen LogP contribution in [0.15, 0.2) is 41.0 Å². The summed E-state index contributed by atoms with van der Waals surface area (Å²) in [4.78, 5) is 0. The van der Waals surface area contributed by atoms with E-state index in [4.69, 9.17) is 0 Å². The van der Waals surface area contributed by atoms with Gasteiger partial charge in [0.15, 0.2) is 11.5 Å². The summed E-state index contributed by atoms with van der Waals surface area (Å²) in [7, 11) is 0. The highest BCUT2D eigenvalue weighted by molar-refractivity contribution is 5.53. The molecule has 1 aromatic carbocycles. The maximum absolute atomic E-state index is 9.74. The Morgan fingerprint density at radius 3 is 2.85 bits per heavy atom. The van der Waals surface area contributed by atoms with E-state index in [1.54, 1.807) is 12.1 Å². The zero-order valence-electron chi connectivity index (χ0n) is 11.8. The standard InChI is InChI=1S/C17H21NO2/c1-2-3-11-4-5-13-9-18-10-14(17(11)13)12-6-7-15(19)16(20)8-12/h4,6-8,14,18-20H,2-3,5,9-10H2,1H3/t14-/m1/s1. The maximum Gasteiger partial charge on any atom is 0.157 e. The molecule has 0 bridgehead atoms. The van der Waals surface area contributed by atoms with Crippen LogP contribution in [-0.2, 0) is 0 Å². The molecule has 3 rings (SSSR count). The Balaban J connectivity index is 1.98. The second-order valence-electron chi connectivity index (χ2n) is 5.63. The van der Waals surface area contributed by atoms with Gasteiger partial charge in [0.1, 0.15) is 0 Å². The summed E-state index contributed by atoms with van der Waals surface area (Å²) in [5.74, 6) is 0.197. The van der Waals surface area contributed by atoms with Crippen molar-refractivity contribution >= 4 is 0 Å². The normalized spacial score (nSPS) is 21.9. The van der Waals surface area contributed by atoms with Crippen LogP contribution in [0.1, 0.15) is 37.7 Å². The molecule has 0 spiro atoms. The molecule has 20 heavy (non-hydrogen) atoms. The first-order valence-electron chi connectivity index (χ1n) is 7.34. The van der Waals surface area contributed by atoms with Crippen LogP contribution in [0.3, 0.4) is 0 Å². The molecule has 0 saturated carbocycles. The molecule has 0 radical (unpaired) electrons. The highest BCUT2D eigenvalue weighted by Crippen LogP contribution is 2.42. The highest BCUT2D eigenvalue weighted by Gasteiger charge is 2.29. The first-order chi connectivity index (χ1) is 9.70. The van der Waals surface area contributed by atoms with Crippen LogP contribution in [0.2, 0.25) is 0 Å². The summed E-state index contributed by atoms with van der Waals surface area (Å²) >= 11 is 0. The van der Waals surface area contributed by atoms with Crippen molar-refractivity contribution in [2.75, 3.05) is 13.1 Å². The molecule has 0 aromatic heterocycles. The first-order valence-corrected chi connectivity index (χ1v) is 7.34. The van der Waals surface area contributed by atoms with Crippen molar-refractivity contribution in [3.8, 4) is 11.5 Å². The Bertz CT molecular complexity index is 587. The van der Waals surface area contributed by atoms with E-state index in [1.165, 1.54) is 16.7 Å². The summed E-state index contributed by atoms with van der Waals surface area (Å²) in [6.45, 7) is 4.07. The Morgan fingerprint density at radius 2 is 2.10 bits per heavy atom. The molecule has 2 aliphatic rings. The number of hydrogen-bond acceptors (Lipinski definition) is 3. The zero-order chi connectivity index (χ0) is 14.1. The zero-order valence-corrected chi connectivity index (χ0v) is 11.8. The topological polar surface area (TPSA) is 52.5 Å². The Labute approximate surface area is 119 Å². The molecule has 0 saturated heterocycles. The van der Waals surface area contributed by atoms with Crippen molar-refractivity contribution in [1.29, 1.82) is 0 Å². The number of nitrogens with one attached hydrogen (secondary N) is 1. The van der Waals surface area contributed by atoms with Crippen LogP contribution < -0.4 is 5.32 Å². The van der Waals surface area contributed by atoms with Gasteiger partial charge in [0.05, 0.1) is 0 Å². The molecule has 0 amide bonds. The van der Waals surface area contributed by atoms with E-state index < -0.39 is 0 Å². The van der Waals surface area contributed by atoms with E-state index in [2.05, 4.69) is 18.3 Å². The summed E-state index contributed by atoms with van der Waals surface area (Å²) < 4.78 is 0. The number of aromatic hydroxyl groups is 2. The second-order valence-corrected chi connectivity index (χ2v) is 5.63. The van der Waals surface area contributed by atoms with Crippen molar-refractivity contribution < 1.29 is 10.2 Å². The minimum absolute atomic E-state index is 0.0331. The average molecular weight is 271 g/mol. The highest BCUT2D eigenvalue weighted by atomic mass is 16.3.